The molecule has 0 aliphatic carbocycles. The van der Waals surface area contributed by atoms with E-state index in [4.69, 9.17) is 13.6 Å². The first-order chi connectivity index (χ1) is 8.47. The van der Waals surface area contributed by atoms with Crippen LogP contribution < -0.4 is 5.32 Å². The Morgan fingerprint density at radius 1 is 1.50 bits per heavy atom. The zero-order chi connectivity index (χ0) is 13.6. The van der Waals surface area contributed by atoms with Crippen LogP contribution in [0, 0.1) is 0 Å². The van der Waals surface area contributed by atoms with E-state index >= 15 is 0 Å². The Morgan fingerprint density at radius 2 is 2.11 bits per heavy atom. The Labute approximate surface area is 106 Å². The molecule has 18 heavy (non-hydrogen) atoms. The molecule has 2 unspecified atom stereocenters. The number of aliphatic hydroxyl groups excluding tert-OH is 1. The minimum absolute atomic E-state index is 0.113. The van der Waals surface area contributed by atoms with Gasteiger partial charge in [0, 0.05) is 6.92 Å². The van der Waals surface area contributed by atoms with E-state index in [1.807, 2.05) is 6.92 Å². The third kappa shape index (κ3) is 5.04. The number of phosphoric acid groups is 1. The van der Waals surface area contributed by atoms with Crippen molar-refractivity contribution in [2.75, 3.05) is 19.8 Å². The molecule has 106 valence electrons. The zero-order valence-corrected chi connectivity index (χ0v) is 11.5. The molecule has 1 rings (SSSR count). The third-order valence-corrected chi connectivity index (χ3v) is 3.89. The maximum Gasteiger partial charge on any atom is 0.475 e. The lowest BCUT2D eigenvalue weighted by molar-refractivity contribution is -0.121. The number of aliphatic hydroxyl groups is 1. The van der Waals surface area contributed by atoms with Crippen molar-refractivity contribution in [2.24, 2.45) is 0 Å². The molecule has 0 aromatic carbocycles. The lowest BCUT2D eigenvalue weighted by Gasteiger charge is -2.23. The second kappa shape index (κ2) is 7.21. The molecule has 0 radical (unpaired) electrons. The van der Waals surface area contributed by atoms with Crippen molar-refractivity contribution < 1.29 is 28.0 Å². The minimum atomic E-state index is -3.49. The van der Waals surface area contributed by atoms with Gasteiger partial charge in [0.25, 0.3) is 0 Å². The summed E-state index contributed by atoms with van der Waals surface area (Å²) in [5, 5.41) is 12.4. The zero-order valence-electron chi connectivity index (χ0n) is 10.6. The molecule has 1 saturated heterocycles. The minimum Gasteiger partial charge on any atom is -0.391 e. The van der Waals surface area contributed by atoms with Crippen LogP contribution in [0.3, 0.4) is 0 Å². The molecule has 0 bridgehead atoms. The van der Waals surface area contributed by atoms with Crippen molar-refractivity contribution in [1.29, 1.82) is 0 Å². The van der Waals surface area contributed by atoms with E-state index in [1.54, 1.807) is 0 Å². The summed E-state index contributed by atoms with van der Waals surface area (Å²) in [6.45, 7) is 3.59. The van der Waals surface area contributed by atoms with E-state index in [1.165, 1.54) is 6.92 Å². The summed E-state index contributed by atoms with van der Waals surface area (Å²) in [6, 6.07) is -0.624. The summed E-state index contributed by atoms with van der Waals surface area (Å²) in [5.74, 6) is -0.287. The van der Waals surface area contributed by atoms with Crippen LogP contribution in [-0.4, -0.2) is 43.0 Å². The summed E-state index contributed by atoms with van der Waals surface area (Å²) >= 11 is 0. The molecule has 0 aromatic heterocycles. The summed E-state index contributed by atoms with van der Waals surface area (Å²) in [6.07, 6.45) is 0.524. The number of carbonyl (C=O) groups is 1. The van der Waals surface area contributed by atoms with Gasteiger partial charge in [0.15, 0.2) is 0 Å². The van der Waals surface area contributed by atoms with Crippen LogP contribution in [0.15, 0.2) is 0 Å². The van der Waals surface area contributed by atoms with Crippen molar-refractivity contribution in [3.63, 3.8) is 0 Å². The fourth-order valence-corrected chi connectivity index (χ4v) is 2.75. The predicted octanol–water partition coefficient (Wildman–Crippen LogP) is 0.824. The standard InChI is InChI=1S/C10H20NO6P/c1-3-4-10(13)9(11-8(2)12)7-17-18(14)15-5-6-16-18/h9-10,13H,3-7H2,1-2H3,(H,11,12). The molecule has 1 fully saturated rings. The Hall–Kier alpha value is -0.460. The fourth-order valence-electron chi connectivity index (χ4n) is 1.59. The SMILES string of the molecule is CCCC(O)C(COP1(=O)OCCO1)NC(C)=O. The van der Waals surface area contributed by atoms with Gasteiger partial charge in [0.1, 0.15) is 0 Å². The van der Waals surface area contributed by atoms with E-state index in [-0.39, 0.29) is 25.7 Å². The van der Waals surface area contributed by atoms with Gasteiger partial charge < -0.3 is 10.4 Å². The van der Waals surface area contributed by atoms with Gasteiger partial charge in [0.2, 0.25) is 5.91 Å². The summed E-state index contributed by atoms with van der Waals surface area (Å²) < 4.78 is 26.5. The Bertz CT molecular complexity index is 313. The van der Waals surface area contributed by atoms with Crippen LogP contribution >= 0.6 is 7.82 Å². The maximum atomic E-state index is 11.7. The Kier molecular flexibility index (Phi) is 6.25. The van der Waals surface area contributed by atoms with E-state index in [0.29, 0.717) is 6.42 Å². The summed E-state index contributed by atoms with van der Waals surface area (Å²) in [7, 11) is -3.49. The highest BCUT2D eigenvalue weighted by atomic mass is 31.2. The second-order valence-electron chi connectivity index (χ2n) is 4.07. The number of hydrogen-bond acceptors (Lipinski definition) is 6. The number of carbonyl (C=O) groups excluding carboxylic acids is 1. The summed E-state index contributed by atoms with van der Waals surface area (Å²) in [5.41, 5.74) is 0. The van der Waals surface area contributed by atoms with Crippen LogP contribution in [0.5, 0.6) is 0 Å². The van der Waals surface area contributed by atoms with Crippen LogP contribution in [-0.2, 0) is 22.9 Å². The average molecular weight is 281 g/mol. The van der Waals surface area contributed by atoms with Crippen LogP contribution in [0.2, 0.25) is 0 Å². The molecule has 8 heteroatoms. The molecular weight excluding hydrogens is 261 g/mol. The van der Waals surface area contributed by atoms with Crippen molar-refractivity contribution in [3.05, 3.63) is 0 Å². The van der Waals surface area contributed by atoms with Gasteiger partial charge in [-0.1, -0.05) is 13.3 Å². The normalized spacial score (nSPS) is 21.5. The van der Waals surface area contributed by atoms with Gasteiger partial charge in [-0.05, 0) is 6.42 Å². The third-order valence-electron chi connectivity index (χ3n) is 2.43. The molecule has 2 N–H and O–H groups in total. The first-order valence-corrected chi connectivity index (χ1v) is 7.41. The topological polar surface area (TPSA) is 94.1 Å². The monoisotopic (exact) mass is 281 g/mol. The van der Waals surface area contributed by atoms with Crippen molar-refractivity contribution in [3.8, 4) is 0 Å². The number of hydrogen-bond donors (Lipinski definition) is 2. The molecule has 1 aliphatic heterocycles. The molecule has 1 amide bonds. The van der Waals surface area contributed by atoms with Crippen LogP contribution in [0.1, 0.15) is 26.7 Å². The first kappa shape index (κ1) is 15.6. The molecule has 2 atom stereocenters. The van der Waals surface area contributed by atoms with Crippen molar-refractivity contribution in [1.82, 2.24) is 5.32 Å². The first-order valence-electron chi connectivity index (χ1n) is 5.95. The molecular formula is C10H20NO6P. The van der Waals surface area contributed by atoms with E-state index in [0.717, 1.165) is 6.42 Å². The van der Waals surface area contributed by atoms with Gasteiger partial charge in [0.05, 0.1) is 32.0 Å². The number of rotatable bonds is 7. The van der Waals surface area contributed by atoms with Crippen LogP contribution in [0.25, 0.3) is 0 Å². The summed E-state index contributed by atoms with van der Waals surface area (Å²) in [4.78, 5) is 11.0. The number of amides is 1. The Balaban J connectivity index is 2.49. The fraction of sp³-hybridized carbons (Fsp3) is 0.900. The molecule has 0 spiro atoms. The van der Waals surface area contributed by atoms with Gasteiger partial charge in [-0.3, -0.25) is 18.4 Å². The lowest BCUT2D eigenvalue weighted by Crippen LogP contribution is -2.45. The van der Waals surface area contributed by atoms with E-state index in [2.05, 4.69) is 5.32 Å². The van der Waals surface area contributed by atoms with Gasteiger partial charge in [-0.2, -0.15) is 0 Å². The molecule has 0 saturated carbocycles. The quantitative estimate of drug-likeness (QED) is 0.671. The van der Waals surface area contributed by atoms with E-state index in [9.17, 15) is 14.5 Å². The Morgan fingerprint density at radius 3 is 2.61 bits per heavy atom. The van der Waals surface area contributed by atoms with Gasteiger partial charge in [-0.15, -0.1) is 0 Å². The average Bonchev–Trinajstić information content (AvgIpc) is 2.72. The molecule has 1 heterocycles. The number of phosphoric ester groups is 1. The predicted molar refractivity (Wildman–Crippen MR) is 64.0 cm³/mol. The second-order valence-corrected chi connectivity index (χ2v) is 5.74. The molecule has 1 aliphatic rings. The van der Waals surface area contributed by atoms with Gasteiger partial charge in [-0.25, -0.2) is 4.57 Å². The van der Waals surface area contributed by atoms with Crippen molar-refractivity contribution in [2.45, 2.75) is 38.8 Å². The largest absolute Gasteiger partial charge is 0.475 e. The highest BCUT2D eigenvalue weighted by Crippen LogP contribution is 2.52. The van der Waals surface area contributed by atoms with Crippen molar-refractivity contribution >= 4 is 13.7 Å². The maximum absolute atomic E-state index is 11.7. The lowest BCUT2D eigenvalue weighted by atomic mass is 10.1. The van der Waals surface area contributed by atoms with E-state index < -0.39 is 20.0 Å². The highest BCUT2D eigenvalue weighted by Gasteiger charge is 2.34. The van der Waals surface area contributed by atoms with Crippen LogP contribution in [0.4, 0.5) is 0 Å². The molecule has 7 nitrogen and oxygen atoms in total. The van der Waals surface area contributed by atoms with Gasteiger partial charge >= 0.3 is 7.82 Å². The smallest absolute Gasteiger partial charge is 0.391 e. The molecule has 0 aromatic rings. The highest BCUT2D eigenvalue weighted by molar-refractivity contribution is 7.48. The number of nitrogens with one attached hydrogen (secondary N) is 1.